The van der Waals surface area contributed by atoms with Gasteiger partial charge in [-0.3, -0.25) is 14.2 Å². The van der Waals surface area contributed by atoms with Crippen molar-refractivity contribution >= 4 is 34.1 Å². The Morgan fingerprint density at radius 3 is 2.48 bits per heavy atom. The predicted molar refractivity (Wildman–Crippen MR) is 115 cm³/mol. The van der Waals surface area contributed by atoms with Crippen molar-refractivity contribution in [3.8, 4) is 5.69 Å². The number of benzene rings is 3. The molecule has 0 atom stereocenters. The maximum absolute atomic E-state index is 13.4. The SMILES string of the molecule is Cc1ccccc1-n1c(/C=C2\C(=O)Nc3ccccc32)nc2ccccc2c1=O. The number of para-hydroxylation sites is 3. The molecule has 1 aromatic heterocycles. The van der Waals surface area contributed by atoms with Gasteiger partial charge in [0.25, 0.3) is 11.5 Å². The predicted octanol–water partition coefficient (Wildman–Crippen LogP) is 4.19. The molecule has 140 valence electrons. The first-order chi connectivity index (χ1) is 14.1. The number of nitrogens with one attached hydrogen (secondary N) is 1. The van der Waals surface area contributed by atoms with Crippen LogP contribution in [0.15, 0.2) is 77.6 Å². The fraction of sp³-hybridized carbons (Fsp3) is 0.0417. The van der Waals surface area contributed by atoms with Gasteiger partial charge in [0.1, 0.15) is 5.82 Å². The highest BCUT2D eigenvalue weighted by Crippen LogP contribution is 2.32. The van der Waals surface area contributed by atoms with Crippen LogP contribution < -0.4 is 10.9 Å². The van der Waals surface area contributed by atoms with E-state index in [2.05, 4.69) is 5.32 Å². The second-order valence-corrected chi connectivity index (χ2v) is 6.97. The first-order valence-electron chi connectivity index (χ1n) is 9.34. The highest BCUT2D eigenvalue weighted by atomic mass is 16.2. The molecule has 2 heterocycles. The van der Waals surface area contributed by atoms with E-state index in [4.69, 9.17) is 4.98 Å². The molecule has 3 aromatic carbocycles. The minimum absolute atomic E-state index is 0.163. The third-order valence-corrected chi connectivity index (χ3v) is 5.14. The third-order valence-electron chi connectivity index (χ3n) is 5.14. The minimum atomic E-state index is -0.204. The zero-order valence-electron chi connectivity index (χ0n) is 15.7. The van der Waals surface area contributed by atoms with Crippen molar-refractivity contribution in [3.05, 3.63) is 100 Å². The van der Waals surface area contributed by atoms with Crippen LogP contribution in [-0.4, -0.2) is 15.5 Å². The van der Waals surface area contributed by atoms with Crippen molar-refractivity contribution in [1.82, 2.24) is 9.55 Å². The van der Waals surface area contributed by atoms with Crippen LogP contribution in [0, 0.1) is 6.92 Å². The molecule has 5 rings (SSSR count). The summed E-state index contributed by atoms with van der Waals surface area (Å²) < 4.78 is 1.58. The van der Waals surface area contributed by atoms with Crippen molar-refractivity contribution in [2.75, 3.05) is 5.32 Å². The molecule has 1 N–H and O–H groups in total. The summed E-state index contributed by atoms with van der Waals surface area (Å²) in [7, 11) is 0. The maximum Gasteiger partial charge on any atom is 0.266 e. The van der Waals surface area contributed by atoms with E-state index >= 15 is 0 Å². The number of aromatic nitrogens is 2. The standard InChI is InChI=1S/C24H17N3O2/c1-15-8-2-7-13-21(15)27-22(25-20-12-6-4-10-17(20)24(27)29)14-18-16-9-3-5-11-19(16)26-23(18)28/h2-14H,1H3,(H,26,28)/b18-14-. The highest BCUT2D eigenvalue weighted by Gasteiger charge is 2.24. The molecule has 0 spiro atoms. The number of nitrogens with zero attached hydrogens (tertiary/aromatic N) is 2. The molecule has 1 amide bonds. The summed E-state index contributed by atoms with van der Waals surface area (Å²) in [6.07, 6.45) is 1.70. The van der Waals surface area contributed by atoms with Gasteiger partial charge in [0.15, 0.2) is 0 Å². The van der Waals surface area contributed by atoms with Crippen molar-refractivity contribution in [1.29, 1.82) is 0 Å². The van der Waals surface area contributed by atoms with Gasteiger partial charge in [-0.2, -0.15) is 0 Å². The lowest BCUT2D eigenvalue weighted by Gasteiger charge is -2.14. The molecule has 0 radical (unpaired) electrons. The van der Waals surface area contributed by atoms with Gasteiger partial charge < -0.3 is 5.32 Å². The second kappa shape index (κ2) is 6.56. The molecule has 0 fully saturated rings. The van der Waals surface area contributed by atoms with Crippen LogP contribution in [0.1, 0.15) is 17.0 Å². The van der Waals surface area contributed by atoms with Gasteiger partial charge in [-0.25, -0.2) is 4.98 Å². The topological polar surface area (TPSA) is 64.0 Å². The average Bonchev–Trinajstić information content (AvgIpc) is 3.04. The molecule has 0 aliphatic carbocycles. The first kappa shape index (κ1) is 17.1. The Hall–Kier alpha value is -3.99. The van der Waals surface area contributed by atoms with Crippen molar-refractivity contribution in [2.45, 2.75) is 6.92 Å². The largest absolute Gasteiger partial charge is 0.321 e. The number of aryl methyl sites for hydroxylation is 1. The van der Waals surface area contributed by atoms with Gasteiger partial charge in [-0.15, -0.1) is 0 Å². The summed E-state index contributed by atoms with van der Waals surface area (Å²) in [6.45, 7) is 1.95. The quantitative estimate of drug-likeness (QED) is 0.531. The Morgan fingerprint density at radius 1 is 0.897 bits per heavy atom. The van der Waals surface area contributed by atoms with Gasteiger partial charge in [-0.05, 0) is 42.8 Å². The first-order valence-corrected chi connectivity index (χ1v) is 9.34. The molecule has 0 unspecified atom stereocenters. The Bertz CT molecular complexity index is 1380. The van der Waals surface area contributed by atoms with E-state index in [9.17, 15) is 9.59 Å². The Morgan fingerprint density at radius 2 is 1.62 bits per heavy atom. The van der Waals surface area contributed by atoms with E-state index in [0.717, 1.165) is 22.5 Å². The second-order valence-electron chi connectivity index (χ2n) is 6.97. The van der Waals surface area contributed by atoms with Crippen LogP contribution in [0.25, 0.3) is 28.2 Å². The molecule has 5 nitrogen and oxygen atoms in total. The summed E-state index contributed by atoms with van der Waals surface area (Å²) in [4.78, 5) is 30.7. The number of fused-ring (bicyclic) bond motifs is 2. The van der Waals surface area contributed by atoms with Gasteiger partial charge in [0.05, 0.1) is 22.2 Å². The van der Waals surface area contributed by atoms with Crippen LogP contribution in [0.4, 0.5) is 5.69 Å². The molecule has 0 saturated carbocycles. The minimum Gasteiger partial charge on any atom is -0.321 e. The lowest BCUT2D eigenvalue weighted by Crippen LogP contribution is -2.23. The smallest absolute Gasteiger partial charge is 0.266 e. The average molecular weight is 379 g/mol. The van der Waals surface area contributed by atoms with Gasteiger partial charge in [-0.1, -0.05) is 48.5 Å². The van der Waals surface area contributed by atoms with Crippen molar-refractivity contribution < 1.29 is 4.79 Å². The summed E-state index contributed by atoms with van der Waals surface area (Å²) >= 11 is 0. The fourth-order valence-corrected chi connectivity index (χ4v) is 3.71. The number of carbonyl (C=O) groups is 1. The monoisotopic (exact) mass is 379 g/mol. The number of anilines is 1. The van der Waals surface area contributed by atoms with Gasteiger partial charge >= 0.3 is 0 Å². The van der Waals surface area contributed by atoms with E-state index in [1.165, 1.54) is 0 Å². The lowest BCUT2D eigenvalue weighted by molar-refractivity contribution is -0.110. The summed E-state index contributed by atoms with van der Waals surface area (Å²) in [5.74, 6) is 0.217. The fourth-order valence-electron chi connectivity index (χ4n) is 3.71. The Labute approximate surface area is 167 Å². The number of carbonyl (C=O) groups excluding carboxylic acids is 1. The number of rotatable bonds is 2. The van der Waals surface area contributed by atoms with Gasteiger partial charge in [0.2, 0.25) is 0 Å². The van der Waals surface area contributed by atoms with Crippen LogP contribution in [0.5, 0.6) is 0 Å². The van der Waals surface area contributed by atoms with Crippen molar-refractivity contribution in [2.24, 2.45) is 0 Å². The molecule has 1 aliphatic heterocycles. The number of hydrogen-bond acceptors (Lipinski definition) is 3. The third kappa shape index (κ3) is 2.75. The van der Waals surface area contributed by atoms with E-state index < -0.39 is 0 Å². The summed E-state index contributed by atoms with van der Waals surface area (Å²) in [5.41, 5.74) is 4.18. The molecule has 29 heavy (non-hydrogen) atoms. The molecule has 5 heteroatoms. The van der Waals surface area contributed by atoms with E-state index in [0.29, 0.717) is 22.3 Å². The molecular weight excluding hydrogens is 362 g/mol. The molecule has 0 bridgehead atoms. The maximum atomic E-state index is 13.4. The molecule has 0 saturated heterocycles. The van der Waals surface area contributed by atoms with Crippen molar-refractivity contribution in [3.63, 3.8) is 0 Å². The molecule has 1 aliphatic rings. The van der Waals surface area contributed by atoms with Crippen LogP contribution in [-0.2, 0) is 4.79 Å². The zero-order chi connectivity index (χ0) is 20.0. The van der Waals surface area contributed by atoms with Crippen LogP contribution >= 0.6 is 0 Å². The zero-order valence-corrected chi connectivity index (χ0v) is 15.7. The summed E-state index contributed by atoms with van der Waals surface area (Å²) in [5, 5.41) is 3.40. The number of hydrogen-bond donors (Lipinski definition) is 1. The van der Waals surface area contributed by atoms with E-state index in [1.807, 2.05) is 73.7 Å². The lowest BCUT2D eigenvalue weighted by atomic mass is 10.1. The van der Waals surface area contributed by atoms with Gasteiger partial charge in [0, 0.05) is 11.3 Å². The molecule has 4 aromatic rings. The van der Waals surface area contributed by atoms with E-state index in [1.54, 1.807) is 16.7 Å². The van der Waals surface area contributed by atoms with E-state index in [-0.39, 0.29) is 11.5 Å². The normalized spacial score (nSPS) is 14.2. The van der Waals surface area contributed by atoms with Crippen LogP contribution in [0.3, 0.4) is 0 Å². The highest BCUT2D eigenvalue weighted by molar-refractivity contribution is 6.34. The Balaban J connectivity index is 1.85. The molecular formula is C24H17N3O2. The van der Waals surface area contributed by atoms with Crippen LogP contribution in [0.2, 0.25) is 0 Å². The summed E-state index contributed by atoms with van der Waals surface area (Å²) in [6, 6.07) is 22.4. The number of amides is 1. The Kier molecular flexibility index (Phi) is 3.88.